The van der Waals surface area contributed by atoms with Gasteiger partial charge in [-0.1, -0.05) is 0 Å². The molecule has 0 aliphatic carbocycles. The van der Waals surface area contributed by atoms with Gasteiger partial charge in [-0.05, 0) is 79.9 Å². The summed E-state index contributed by atoms with van der Waals surface area (Å²) in [5.41, 5.74) is 0.589. The van der Waals surface area contributed by atoms with Gasteiger partial charge in [0.05, 0.1) is 11.4 Å². The normalized spacial score (nSPS) is 18.7. The molecule has 0 aromatic heterocycles. The highest BCUT2D eigenvalue weighted by Gasteiger charge is 2.35. The number of amides is 1. The maximum absolute atomic E-state index is 12.5. The van der Waals surface area contributed by atoms with Gasteiger partial charge in [0.15, 0.2) is 0 Å². The molecule has 1 atom stereocenters. The Labute approximate surface area is 155 Å². The number of hydrogen-bond acceptors (Lipinski definition) is 3. The topological polar surface area (TPSA) is 57.6 Å². The zero-order valence-electron chi connectivity index (χ0n) is 9.40. The third-order valence-corrected chi connectivity index (χ3v) is 7.33. The fourth-order valence-corrected chi connectivity index (χ4v) is 5.25. The molecule has 1 heterocycles. The molecule has 1 aromatic rings. The van der Waals surface area contributed by atoms with E-state index in [9.17, 15) is 9.59 Å². The molecule has 1 aliphatic heterocycles. The summed E-state index contributed by atoms with van der Waals surface area (Å²) in [6.07, 6.45) is 0. The van der Waals surface area contributed by atoms with Gasteiger partial charge in [0.1, 0.15) is 6.04 Å². The van der Waals surface area contributed by atoms with E-state index in [4.69, 9.17) is 5.11 Å². The van der Waals surface area contributed by atoms with Crippen molar-refractivity contribution in [2.75, 3.05) is 11.6 Å². The van der Waals surface area contributed by atoms with Crippen molar-refractivity contribution in [1.82, 2.24) is 4.90 Å². The van der Waals surface area contributed by atoms with E-state index in [0.717, 1.165) is 10.7 Å². The number of carbonyl (C=O) groups is 2. The molecular weight excluding hydrogens is 607 g/mol. The first-order valence-corrected chi connectivity index (χ1v) is 9.57. The standard InChI is InChI=1S/C11H8I3NO3S/c12-5-1-6(9(14)7(13)2-5)10(16)15-4-19-3-8(15)11(17)18/h1-2,8H,3-4H2,(H,17,18)/t8-/m0/s1. The summed E-state index contributed by atoms with van der Waals surface area (Å²) in [4.78, 5) is 25.1. The highest BCUT2D eigenvalue weighted by atomic mass is 127. The first-order chi connectivity index (χ1) is 8.91. The lowest BCUT2D eigenvalue weighted by Gasteiger charge is -2.21. The van der Waals surface area contributed by atoms with Crippen LogP contribution in [0.15, 0.2) is 12.1 Å². The number of carboxylic acid groups (broad SMARTS) is 1. The van der Waals surface area contributed by atoms with Crippen LogP contribution in [0.1, 0.15) is 10.4 Å². The number of halogens is 3. The summed E-state index contributed by atoms with van der Waals surface area (Å²) in [7, 11) is 0. The largest absolute Gasteiger partial charge is 0.480 e. The maximum atomic E-state index is 12.5. The second kappa shape index (κ2) is 6.64. The second-order valence-corrected chi connectivity index (χ2v) is 8.36. The molecule has 0 saturated carbocycles. The number of carboxylic acids is 1. The molecule has 1 aromatic carbocycles. The van der Waals surface area contributed by atoms with E-state index in [-0.39, 0.29) is 5.91 Å². The average Bonchev–Trinajstić information content (AvgIpc) is 2.82. The monoisotopic (exact) mass is 615 g/mol. The lowest BCUT2D eigenvalue weighted by Crippen LogP contribution is -2.42. The minimum atomic E-state index is -0.936. The maximum Gasteiger partial charge on any atom is 0.327 e. The van der Waals surface area contributed by atoms with Gasteiger partial charge in [-0.2, -0.15) is 0 Å². The summed E-state index contributed by atoms with van der Waals surface area (Å²) >= 11 is 7.96. The van der Waals surface area contributed by atoms with Gasteiger partial charge >= 0.3 is 5.97 Å². The highest BCUT2D eigenvalue weighted by molar-refractivity contribution is 14.1. The number of thioether (sulfide) groups is 1. The van der Waals surface area contributed by atoms with Crippen LogP contribution in [0.5, 0.6) is 0 Å². The third kappa shape index (κ3) is 3.48. The molecule has 1 amide bonds. The summed E-state index contributed by atoms with van der Waals surface area (Å²) in [5, 5.41) is 9.15. The summed E-state index contributed by atoms with van der Waals surface area (Å²) in [6, 6.07) is 3.09. The number of rotatable bonds is 2. The minimum absolute atomic E-state index is 0.196. The minimum Gasteiger partial charge on any atom is -0.480 e. The average molecular weight is 615 g/mol. The van der Waals surface area contributed by atoms with E-state index < -0.39 is 12.0 Å². The molecule has 1 saturated heterocycles. The van der Waals surface area contributed by atoms with E-state index in [1.807, 2.05) is 12.1 Å². The first-order valence-electron chi connectivity index (χ1n) is 5.18. The molecule has 102 valence electrons. The van der Waals surface area contributed by atoms with Crippen LogP contribution in [0, 0.1) is 10.7 Å². The van der Waals surface area contributed by atoms with Crippen LogP contribution in [0.4, 0.5) is 0 Å². The molecule has 1 N–H and O–H groups in total. The van der Waals surface area contributed by atoms with Gasteiger partial charge in [0, 0.05) is 16.5 Å². The van der Waals surface area contributed by atoms with Crippen molar-refractivity contribution < 1.29 is 14.7 Å². The Hall–Kier alpha value is 0.700. The molecule has 1 fully saturated rings. The second-order valence-electron chi connectivity index (χ2n) is 3.88. The fourth-order valence-electron chi connectivity index (χ4n) is 1.71. The Morgan fingerprint density at radius 1 is 1.32 bits per heavy atom. The third-order valence-electron chi connectivity index (χ3n) is 2.65. The Balaban J connectivity index is 2.37. The van der Waals surface area contributed by atoms with Crippen molar-refractivity contribution in [3.63, 3.8) is 0 Å². The van der Waals surface area contributed by atoms with Gasteiger partial charge in [-0.3, -0.25) is 4.79 Å². The molecule has 0 spiro atoms. The Kier molecular flexibility index (Phi) is 5.62. The van der Waals surface area contributed by atoms with E-state index in [2.05, 4.69) is 67.8 Å². The Morgan fingerprint density at radius 2 is 2.00 bits per heavy atom. The van der Waals surface area contributed by atoms with Crippen LogP contribution in [0.25, 0.3) is 0 Å². The van der Waals surface area contributed by atoms with Gasteiger partial charge in [-0.15, -0.1) is 11.8 Å². The Morgan fingerprint density at radius 3 is 2.63 bits per heavy atom. The van der Waals surface area contributed by atoms with Crippen LogP contribution in [-0.2, 0) is 4.79 Å². The number of aliphatic carboxylic acids is 1. The zero-order valence-corrected chi connectivity index (χ0v) is 16.7. The van der Waals surface area contributed by atoms with Gasteiger partial charge < -0.3 is 10.0 Å². The van der Waals surface area contributed by atoms with Crippen LogP contribution in [0.2, 0.25) is 0 Å². The van der Waals surface area contributed by atoms with E-state index in [1.54, 1.807) is 0 Å². The smallest absolute Gasteiger partial charge is 0.327 e. The van der Waals surface area contributed by atoms with Gasteiger partial charge in [-0.25, -0.2) is 4.79 Å². The van der Waals surface area contributed by atoms with Crippen molar-refractivity contribution in [1.29, 1.82) is 0 Å². The van der Waals surface area contributed by atoms with Crippen LogP contribution in [0.3, 0.4) is 0 Å². The number of carbonyl (C=O) groups excluding carboxylic acids is 1. The fraction of sp³-hybridized carbons (Fsp3) is 0.273. The van der Waals surface area contributed by atoms with E-state index in [1.165, 1.54) is 16.7 Å². The quantitative estimate of drug-likeness (QED) is 0.411. The van der Waals surface area contributed by atoms with Crippen LogP contribution < -0.4 is 0 Å². The molecule has 1 aliphatic rings. The highest BCUT2D eigenvalue weighted by Crippen LogP contribution is 2.28. The molecule has 2 rings (SSSR count). The first kappa shape index (κ1) is 16.1. The van der Waals surface area contributed by atoms with Crippen LogP contribution in [-0.4, -0.2) is 39.6 Å². The Bertz CT molecular complexity index is 552. The molecule has 8 heteroatoms. The zero-order chi connectivity index (χ0) is 14.2. The number of hydrogen-bond donors (Lipinski definition) is 1. The molecule has 4 nitrogen and oxygen atoms in total. The summed E-state index contributed by atoms with van der Waals surface area (Å²) in [6.45, 7) is 0. The molecule has 0 radical (unpaired) electrons. The van der Waals surface area contributed by atoms with E-state index in [0.29, 0.717) is 17.2 Å². The predicted molar refractivity (Wildman–Crippen MR) is 99.5 cm³/mol. The van der Waals surface area contributed by atoms with Crippen molar-refractivity contribution in [2.24, 2.45) is 0 Å². The van der Waals surface area contributed by atoms with Crippen molar-refractivity contribution in [3.05, 3.63) is 28.4 Å². The van der Waals surface area contributed by atoms with Crippen LogP contribution >= 0.6 is 79.5 Å². The van der Waals surface area contributed by atoms with Crippen molar-refractivity contribution in [2.45, 2.75) is 6.04 Å². The van der Waals surface area contributed by atoms with E-state index >= 15 is 0 Å². The lowest BCUT2D eigenvalue weighted by atomic mass is 10.2. The predicted octanol–water partition coefficient (Wildman–Crippen LogP) is 3.10. The SMILES string of the molecule is O=C(O)[C@@H]1CSCN1C(=O)c1cc(I)cc(I)c1I. The van der Waals surface area contributed by atoms with Crippen molar-refractivity contribution in [3.8, 4) is 0 Å². The number of nitrogens with zero attached hydrogens (tertiary/aromatic N) is 1. The summed E-state index contributed by atoms with van der Waals surface area (Å²) < 4.78 is 2.86. The van der Waals surface area contributed by atoms with Crippen molar-refractivity contribution >= 4 is 91.4 Å². The summed E-state index contributed by atoms with van der Waals surface area (Å²) in [5.74, 6) is -0.237. The molecular formula is C11H8I3NO3S. The van der Waals surface area contributed by atoms with Gasteiger partial charge in [0.25, 0.3) is 5.91 Å². The van der Waals surface area contributed by atoms with Gasteiger partial charge in [0.2, 0.25) is 0 Å². The molecule has 0 bridgehead atoms. The lowest BCUT2D eigenvalue weighted by molar-refractivity contribution is -0.140. The molecule has 0 unspecified atom stereocenters. The molecule has 19 heavy (non-hydrogen) atoms. The number of benzene rings is 1.